The highest BCUT2D eigenvalue weighted by Crippen LogP contribution is 2.23. The lowest BCUT2D eigenvalue weighted by molar-refractivity contribution is 0.113. The Morgan fingerprint density at radius 1 is 1.37 bits per heavy atom. The van der Waals surface area contributed by atoms with Gasteiger partial charge in [0.25, 0.3) is 0 Å². The summed E-state index contributed by atoms with van der Waals surface area (Å²) in [6.45, 7) is 2.15. The van der Waals surface area contributed by atoms with Crippen molar-refractivity contribution in [1.82, 2.24) is 4.90 Å². The molecule has 4 nitrogen and oxygen atoms in total. The SMILES string of the molecule is CC(CS(C)(=O)=O)N(C)CC(O)c1ccccc1Cl. The lowest BCUT2D eigenvalue weighted by Gasteiger charge is -2.26. The molecule has 0 aliphatic carbocycles. The molecule has 0 fully saturated rings. The molecule has 0 aliphatic heterocycles. The standard InChI is InChI=1S/C13H20ClNO3S/c1-10(9-19(3,17)18)15(2)8-13(16)11-6-4-5-7-12(11)14/h4-7,10,13,16H,8-9H2,1-3H3. The molecule has 0 heterocycles. The number of rotatable bonds is 6. The number of sulfone groups is 1. The van der Waals surface area contributed by atoms with E-state index in [1.807, 2.05) is 17.9 Å². The van der Waals surface area contributed by atoms with Crippen LogP contribution in [0, 0.1) is 0 Å². The van der Waals surface area contributed by atoms with Crippen molar-refractivity contribution >= 4 is 21.4 Å². The van der Waals surface area contributed by atoms with Gasteiger partial charge in [-0.15, -0.1) is 0 Å². The molecule has 0 aliphatic rings. The molecule has 1 rings (SSSR count). The second-order valence-electron chi connectivity index (χ2n) is 4.92. The Bertz CT molecular complexity index is 518. The van der Waals surface area contributed by atoms with Crippen LogP contribution in [0.5, 0.6) is 0 Å². The maximum Gasteiger partial charge on any atom is 0.148 e. The highest BCUT2D eigenvalue weighted by Gasteiger charge is 2.19. The van der Waals surface area contributed by atoms with Crippen LogP contribution in [0.2, 0.25) is 5.02 Å². The van der Waals surface area contributed by atoms with E-state index in [0.717, 1.165) is 0 Å². The summed E-state index contributed by atoms with van der Waals surface area (Å²) < 4.78 is 22.5. The molecule has 0 radical (unpaired) electrons. The van der Waals surface area contributed by atoms with Gasteiger partial charge in [-0.3, -0.25) is 4.90 Å². The zero-order valence-corrected chi connectivity index (χ0v) is 12.9. The molecule has 0 amide bonds. The van der Waals surface area contributed by atoms with Gasteiger partial charge in [0, 0.05) is 29.4 Å². The largest absolute Gasteiger partial charge is 0.387 e. The van der Waals surface area contributed by atoms with Crippen LogP contribution in [0.15, 0.2) is 24.3 Å². The third-order valence-corrected chi connectivity index (χ3v) is 4.45. The van der Waals surface area contributed by atoms with Gasteiger partial charge >= 0.3 is 0 Å². The van der Waals surface area contributed by atoms with E-state index in [2.05, 4.69) is 0 Å². The summed E-state index contributed by atoms with van der Waals surface area (Å²) in [7, 11) is -1.24. The molecule has 0 bridgehead atoms. The Hall–Kier alpha value is -0.620. The lowest BCUT2D eigenvalue weighted by atomic mass is 10.1. The summed E-state index contributed by atoms with van der Waals surface area (Å²) in [5.41, 5.74) is 0.655. The van der Waals surface area contributed by atoms with Gasteiger partial charge in [0.2, 0.25) is 0 Å². The average Bonchev–Trinajstić information content (AvgIpc) is 2.27. The highest BCUT2D eigenvalue weighted by molar-refractivity contribution is 7.90. The molecule has 2 unspecified atom stereocenters. The predicted octanol–water partition coefficient (Wildman–Crippen LogP) is 1.74. The minimum absolute atomic E-state index is 0.0682. The summed E-state index contributed by atoms with van der Waals surface area (Å²) in [5, 5.41) is 10.7. The molecular formula is C13H20ClNO3S. The highest BCUT2D eigenvalue weighted by atomic mass is 35.5. The Labute approximate surface area is 119 Å². The first kappa shape index (κ1) is 16.4. The molecular weight excluding hydrogens is 286 g/mol. The van der Waals surface area contributed by atoms with E-state index in [4.69, 9.17) is 11.6 Å². The molecule has 1 aromatic rings. The van der Waals surface area contributed by atoms with Crippen LogP contribution in [0.25, 0.3) is 0 Å². The number of aliphatic hydroxyl groups is 1. The molecule has 1 aromatic carbocycles. The van der Waals surface area contributed by atoms with E-state index in [1.54, 1.807) is 25.2 Å². The molecule has 2 atom stereocenters. The van der Waals surface area contributed by atoms with E-state index in [0.29, 0.717) is 17.1 Å². The van der Waals surface area contributed by atoms with E-state index in [-0.39, 0.29) is 11.8 Å². The van der Waals surface area contributed by atoms with Crippen LogP contribution in [0.1, 0.15) is 18.6 Å². The van der Waals surface area contributed by atoms with Crippen molar-refractivity contribution in [3.05, 3.63) is 34.9 Å². The molecule has 19 heavy (non-hydrogen) atoms. The normalized spacial score (nSPS) is 15.5. The maximum absolute atomic E-state index is 11.2. The summed E-state index contributed by atoms with van der Waals surface area (Å²) in [4.78, 5) is 1.81. The number of halogens is 1. The Kier molecular flexibility index (Phi) is 5.80. The molecule has 0 aromatic heterocycles. The third kappa shape index (κ3) is 5.48. The Balaban J connectivity index is 2.67. The number of aliphatic hydroxyl groups excluding tert-OH is 1. The van der Waals surface area contributed by atoms with E-state index in [1.165, 1.54) is 6.26 Å². The minimum Gasteiger partial charge on any atom is -0.387 e. The summed E-state index contributed by atoms with van der Waals surface area (Å²) >= 11 is 6.01. The topological polar surface area (TPSA) is 57.6 Å². The fraction of sp³-hybridized carbons (Fsp3) is 0.538. The van der Waals surface area contributed by atoms with Gasteiger partial charge in [-0.05, 0) is 20.0 Å². The van der Waals surface area contributed by atoms with Crippen LogP contribution < -0.4 is 0 Å². The van der Waals surface area contributed by atoms with Crippen LogP contribution in [-0.4, -0.2) is 50.1 Å². The first-order valence-electron chi connectivity index (χ1n) is 6.01. The number of hydrogen-bond donors (Lipinski definition) is 1. The van der Waals surface area contributed by atoms with Crippen molar-refractivity contribution < 1.29 is 13.5 Å². The van der Waals surface area contributed by atoms with Crippen LogP contribution in [0.4, 0.5) is 0 Å². The van der Waals surface area contributed by atoms with Crippen LogP contribution >= 0.6 is 11.6 Å². The van der Waals surface area contributed by atoms with Crippen molar-refractivity contribution in [1.29, 1.82) is 0 Å². The zero-order valence-electron chi connectivity index (χ0n) is 11.4. The van der Waals surface area contributed by atoms with Crippen molar-refractivity contribution in [3.8, 4) is 0 Å². The lowest BCUT2D eigenvalue weighted by Crippen LogP contribution is -2.37. The second-order valence-corrected chi connectivity index (χ2v) is 7.51. The summed E-state index contributed by atoms with van der Waals surface area (Å²) in [6.07, 6.45) is 0.475. The van der Waals surface area contributed by atoms with Gasteiger partial charge in [0.15, 0.2) is 0 Å². The van der Waals surface area contributed by atoms with Gasteiger partial charge in [-0.25, -0.2) is 8.42 Å². The third-order valence-electron chi connectivity index (χ3n) is 3.02. The maximum atomic E-state index is 11.2. The molecule has 1 N–H and O–H groups in total. The van der Waals surface area contributed by atoms with Crippen molar-refractivity contribution in [2.45, 2.75) is 19.1 Å². The van der Waals surface area contributed by atoms with Crippen LogP contribution in [0.3, 0.4) is 0 Å². The van der Waals surface area contributed by atoms with Crippen LogP contribution in [-0.2, 0) is 9.84 Å². The second kappa shape index (κ2) is 6.70. The quantitative estimate of drug-likeness (QED) is 0.870. The summed E-state index contributed by atoms with van der Waals surface area (Å²) in [6, 6.07) is 6.94. The minimum atomic E-state index is -3.03. The Morgan fingerprint density at radius 3 is 2.47 bits per heavy atom. The Morgan fingerprint density at radius 2 is 1.95 bits per heavy atom. The molecule has 0 spiro atoms. The molecule has 108 valence electrons. The monoisotopic (exact) mass is 305 g/mol. The van der Waals surface area contributed by atoms with Gasteiger partial charge in [-0.2, -0.15) is 0 Å². The van der Waals surface area contributed by atoms with Crippen molar-refractivity contribution in [2.24, 2.45) is 0 Å². The first-order valence-corrected chi connectivity index (χ1v) is 8.45. The van der Waals surface area contributed by atoms with E-state index < -0.39 is 15.9 Å². The fourth-order valence-electron chi connectivity index (χ4n) is 1.86. The summed E-state index contributed by atoms with van der Waals surface area (Å²) in [5.74, 6) is 0.0682. The fourth-order valence-corrected chi connectivity index (χ4v) is 3.25. The van der Waals surface area contributed by atoms with E-state index in [9.17, 15) is 13.5 Å². The molecule has 0 saturated carbocycles. The predicted molar refractivity (Wildman–Crippen MR) is 78.2 cm³/mol. The molecule has 6 heteroatoms. The van der Waals surface area contributed by atoms with Gasteiger partial charge in [0.05, 0.1) is 11.9 Å². The van der Waals surface area contributed by atoms with Crippen molar-refractivity contribution in [3.63, 3.8) is 0 Å². The number of likely N-dealkylation sites (N-methyl/N-ethyl adjacent to an activating group) is 1. The average molecular weight is 306 g/mol. The number of benzene rings is 1. The first-order chi connectivity index (χ1) is 8.70. The zero-order chi connectivity index (χ0) is 14.6. The smallest absolute Gasteiger partial charge is 0.148 e. The number of nitrogens with zero attached hydrogens (tertiary/aromatic N) is 1. The molecule has 0 saturated heterocycles. The van der Waals surface area contributed by atoms with Gasteiger partial charge < -0.3 is 5.11 Å². The van der Waals surface area contributed by atoms with Crippen molar-refractivity contribution in [2.75, 3.05) is 25.6 Å². The van der Waals surface area contributed by atoms with E-state index >= 15 is 0 Å². The van der Waals surface area contributed by atoms with Gasteiger partial charge in [-0.1, -0.05) is 29.8 Å². The van der Waals surface area contributed by atoms with Gasteiger partial charge in [0.1, 0.15) is 9.84 Å². The number of hydrogen-bond acceptors (Lipinski definition) is 4.